The molecule has 2 atom stereocenters. The van der Waals surface area contributed by atoms with Crippen molar-refractivity contribution in [2.45, 2.75) is 31.8 Å². The fourth-order valence-electron chi connectivity index (χ4n) is 1.92. The second kappa shape index (κ2) is 2.77. The molecule has 0 aromatic carbocycles. The van der Waals surface area contributed by atoms with Crippen molar-refractivity contribution >= 4 is 11.7 Å². The second-order valence-electron chi connectivity index (χ2n) is 3.38. The smallest absolute Gasteiger partial charge is 0.353 e. The van der Waals surface area contributed by atoms with Gasteiger partial charge in [-0.1, -0.05) is 5.16 Å². The summed E-state index contributed by atoms with van der Waals surface area (Å²) in [6.45, 7) is 0. The minimum Gasteiger partial charge on any atom is -0.477 e. The molecule has 0 bridgehead atoms. The summed E-state index contributed by atoms with van der Waals surface area (Å²) in [5.74, 6) is -0.547. The first-order chi connectivity index (χ1) is 5.77. The number of oxime groups is 1. The van der Waals surface area contributed by atoms with Crippen LogP contribution in [0.4, 0.5) is 0 Å². The first-order valence-corrected chi connectivity index (χ1v) is 4.23. The van der Waals surface area contributed by atoms with E-state index >= 15 is 0 Å². The van der Waals surface area contributed by atoms with Gasteiger partial charge in [-0.25, -0.2) is 4.79 Å². The van der Waals surface area contributed by atoms with E-state index in [4.69, 9.17) is 9.94 Å². The number of aliphatic carboxylic acids is 1. The van der Waals surface area contributed by atoms with Gasteiger partial charge in [0.2, 0.25) is 0 Å². The minimum absolute atomic E-state index is 0.179. The SMILES string of the molecule is O=C(O)C1=NOC2CCCC2C1. The van der Waals surface area contributed by atoms with E-state index in [9.17, 15) is 4.79 Å². The largest absolute Gasteiger partial charge is 0.477 e. The Bertz CT molecular complexity index is 236. The van der Waals surface area contributed by atoms with Crippen molar-refractivity contribution in [3.05, 3.63) is 0 Å². The first kappa shape index (κ1) is 7.58. The van der Waals surface area contributed by atoms with Crippen LogP contribution < -0.4 is 0 Å². The lowest BCUT2D eigenvalue weighted by Gasteiger charge is -2.21. The van der Waals surface area contributed by atoms with E-state index in [-0.39, 0.29) is 11.8 Å². The van der Waals surface area contributed by atoms with E-state index in [1.165, 1.54) is 0 Å². The standard InChI is InChI=1S/C8H11NO3/c10-8(11)6-4-5-2-1-3-7(5)12-9-6/h5,7H,1-4H2,(H,10,11). The summed E-state index contributed by atoms with van der Waals surface area (Å²) in [4.78, 5) is 15.6. The van der Waals surface area contributed by atoms with Gasteiger partial charge in [0.05, 0.1) is 0 Å². The molecule has 1 saturated carbocycles. The van der Waals surface area contributed by atoms with Crippen LogP contribution in [-0.2, 0) is 9.63 Å². The highest BCUT2D eigenvalue weighted by atomic mass is 16.6. The summed E-state index contributed by atoms with van der Waals surface area (Å²) in [6.07, 6.45) is 4.02. The molecule has 2 unspecified atom stereocenters. The van der Waals surface area contributed by atoms with Gasteiger partial charge in [-0.3, -0.25) is 0 Å². The van der Waals surface area contributed by atoms with Crippen molar-refractivity contribution in [1.29, 1.82) is 0 Å². The second-order valence-corrected chi connectivity index (χ2v) is 3.38. The van der Waals surface area contributed by atoms with Crippen LogP contribution >= 0.6 is 0 Å². The summed E-state index contributed by atoms with van der Waals surface area (Å²) in [6, 6.07) is 0. The number of carboxylic acid groups (broad SMARTS) is 1. The zero-order valence-electron chi connectivity index (χ0n) is 6.69. The fourth-order valence-corrected chi connectivity index (χ4v) is 1.92. The van der Waals surface area contributed by atoms with Crippen molar-refractivity contribution in [3.63, 3.8) is 0 Å². The maximum Gasteiger partial charge on any atom is 0.353 e. The third kappa shape index (κ3) is 1.17. The summed E-state index contributed by atoms with van der Waals surface area (Å²) in [5, 5.41) is 12.2. The highest BCUT2D eigenvalue weighted by Gasteiger charge is 2.35. The summed E-state index contributed by atoms with van der Waals surface area (Å²) < 4.78 is 0. The lowest BCUT2D eigenvalue weighted by molar-refractivity contribution is -0.130. The van der Waals surface area contributed by atoms with Crippen LogP contribution in [0.2, 0.25) is 0 Å². The zero-order chi connectivity index (χ0) is 8.55. The molecule has 4 nitrogen and oxygen atoms in total. The molecule has 1 heterocycles. The number of fused-ring (bicyclic) bond motifs is 1. The van der Waals surface area contributed by atoms with Gasteiger partial charge in [0.25, 0.3) is 0 Å². The van der Waals surface area contributed by atoms with Gasteiger partial charge in [0.15, 0.2) is 5.71 Å². The van der Waals surface area contributed by atoms with E-state index < -0.39 is 5.97 Å². The van der Waals surface area contributed by atoms with Crippen LogP contribution in [0.5, 0.6) is 0 Å². The lowest BCUT2D eigenvalue weighted by Crippen LogP contribution is -2.28. The van der Waals surface area contributed by atoms with Crippen LogP contribution in [0, 0.1) is 5.92 Å². The molecule has 1 fully saturated rings. The summed E-state index contributed by atoms with van der Waals surface area (Å²) in [5.41, 5.74) is 0.179. The van der Waals surface area contributed by atoms with E-state index in [0.717, 1.165) is 19.3 Å². The van der Waals surface area contributed by atoms with E-state index in [2.05, 4.69) is 5.16 Å². The van der Waals surface area contributed by atoms with Crippen LogP contribution in [0.25, 0.3) is 0 Å². The number of nitrogens with zero attached hydrogens (tertiary/aromatic N) is 1. The predicted octanol–water partition coefficient (Wildman–Crippen LogP) is 1.02. The molecule has 1 N–H and O–H groups in total. The predicted molar refractivity (Wildman–Crippen MR) is 41.9 cm³/mol. The van der Waals surface area contributed by atoms with Crippen LogP contribution in [0.1, 0.15) is 25.7 Å². The number of carbonyl (C=O) groups is 1. The van der Waals surface area contributed by atoms with Crippen molar-refractivity contribution in [2.24, 2.45) is 11.1 Å². The molecule has 4 heteroatoms. The van der Waals surface area contributed by atoms with Gasteiger partial charge < -0.3 is 9.94 Å². The first-order valence-electron chi connectivity index (χ1n) is 4.23. The van der Waals surface area contributed by atoms with Gasteiger partial charge in [-0.15, -0.1) is 0 Å². The van der Waals surface area contributed by atoms with Gasteiger partial charge in [-0.2, -0.15) is 0 Å². The number of rotatable bonds is 1. The average Bonchev–Trinajstić information content (AvgIpc) is 2.49. The fraction of sp³-hybridized carbons (Fsp3) is 0.750. The van der Waals surface area contributed by atoms with Gasteiger partial charge in [-0.05, 0) is 19.3 Å². The molecule has 2 rings (SSSR count). The van der Waals surface area contributed by atoms with Crippen LogP contribution in [-0.4, -0.2) is 22.9 Å². The molecule has 66 valence electrons. The van der Waals surface area contributed by atoms with E-state index in [0.29, 0.717) is 12.3 Å². The molecule has 0 spiro atoms. The lowest BCUT2D eigenvalue weighted by atomic mass is 9.98. The molecule has 12 heavy (non-hydrogen) atoms. The maximum atomic E-state index is 10.5. The van der Waals surface area contributed by atoms with Gasteiger partial charge in [0.1, 0.15) is 6.10 Å². The Labute approximate surface area is 70.2 Å². The number of hydrogen-bond acceptors (Lipinski definition) is 3. The Balaban J connectivity index is 2.09. The molecule has 0 saturated heterocycles. The quantitative estimate of drug-likeness (QED) is 0.637. The monoisotopic (exact) mass is 169 g/mol. The highest BCUT2D eigenvalue weighted by Crippen LogP contribution is 2.33. The third-order valence-corrected chi connectivity index (χ3v) is 2.59. The van der Waals surface area contributed by atoms with Crippen LogP contribution in [0.3, 0.4) is 0 Å². The Hall–Kier alpha value is -1.06. The summed E-state index contributed by atoms with van der Waals surface area (Å²) in [7, 11) is 0. The van der Waals surface area contributed by atoms with Crippen molar-refractivity contribution < 1.29 is 14.7 Å². The molecule has 0 aromatic rings. The normalized spacial score (nSPS) is 33.5. The maximum absolute atomic E-state index is 10.5. The Kier molecular flexibility index (Phi) is 1.75. The molecular weight excluding hydrogens is 158 g/mol. The molecule has 0 aromatic heterocycles. The molecule has 0 amide bonds. The highest BCUT2D eigenvalue weighted by molar-refractivity contribution is 6.35. The molecule has 2 aliphatic rings. The van der Waals surface area contributed by atoms with Gasteiger partial charge in [0, 0.05) is 12.3 Å². The van der Waals surface area contributed by atoms with Crippen molar-refractivity contribution in [1.82, 2.24) is 0 Å². The van der Waals surface area contributed by atoms with Crippen molar-refractivity contribution in [3.8, 4) is 0 Å². The topological polar surface area (TPSA) is 58.9 Å². The Morgan fingerprint density at radius 3 is 3.17 bits per heavy atom. The number of carboxylic acids is 1. The minimum atomic E-state index is -0.944. The molecule has 0 radical (unpaired) electrons. The Morgan fingerprint density at radius 1 is 1.58 bits per heavy atom. The number of hydrogen-bond donors (Lipinski definition) is 1. The van der Waals surface area contributed by atoms with E-state index in [1.807, 2.05) is 0 Å². The molecule has 1 aliphatic carbocycles. The molecular formula is C8H11NO3. The van der Waals surface area contributed by atoms with Crippen molar-refractivity contribution in [2.75, 3.05) is 0 Å². The average molecular weight is 169 g/mol. The van der Waals surface area contributed by atoms with Gasteiger partial charge >= 0.3 is 5.97 Å². The van der Waals surface area contributed by atoms with E-state index in [1.54, 1.807) is 0 Å². The third-order valence-electron chi connectivity index (χ3n) is 2.59. The van der Waals surface area contributed by atoms with Crippen LogP contribution in [0.15, 0.2) is 5.16 Å². The Morgan fingerprint density at radius 2 is 2.42 bits per heavy atom. The molecule has 1 aliphatic heterocycles. The zero-order valence-corrected chi connectivity index (χ0v) is 6.69. The summed E-state index contributed by atoms with van der Waals surface area (Å²) >= 11 is 0.